The van der Waals surface area contributed by atoms with Gasteiger partial charge in [-0.05, 0) is 31.2 Å². The Morgan fingerprint density at radius 2 is 2.11 bits per heavy atom. The first-order valence-electron chi connectivity index (χ1n) is 5.64. The minimum Gasteiger partial charge on any atom is -0.486 e. The van der Waals surface area contributed by atoms with E-state index in [1.165, 1.54) is 6.33 Å². The lowest BCUT2D eigenvalue weighted by Gasteiger charge is -2.07. The number of benzene rings is 1. The van der Waals surface area contributed by atoms with Gasteiger partial charge in [-0.15, -0.1) is 0 Å². The molecule has 0 unspecified atom stereocenters. The van der Waals surface area contributed by atoms with E-state index in [-0.39, 0.29) is 5.84 Å². The second-order valence-corrected chi connectivity index (χ2v) is 3.72. The van der Waals surface area contributed by atoms with Crippen molar-refractivity contribution in [1.29, 1.82) is 5.41 Å². The highest BCUT2D eigenvalue weighted by atomic mass is 16.5. The Morgan fingerprint density at radius 1 is 1.39 bits per heavy atom. The molecule has 2 rings (SSSR count). The fourth-order valence-corrected chi connectivity index (χ4v) is 1.54. The number of amidine groups is 1. The first-order chi connectivity index (χ1) is 8.70. The summed E-state index contributed by atoms with van der Waals surface area (Å²) < 4.78 is 7.37. The molecule has 94 valence electrons. The Kier molecular flexibility index (Phi) is 3.57. The maximum Gasteiger partial charge on any atom is 0.164 e. The van der Waals surface area contributed by atoms with Crippen molar-refractivity contribution in [2.75, 3.05) is 0 Å². The second kappa shape index (κ2) is 5.31. The van der Waals surface area contributed by atoms with Gasteiger partial charge < -0.3 is 10.5 Å². The number of hydrogen-bond acceptors (Lipinski definition) is 4. The van der Waals surface area contributed by atoms with Crippen LogP contribution in [0.15, 0.2) is 30.6 Å². The third-order valence-electron chi connectivity index (χ3n) is 2.53. The Bertz CT molecular complexity index is 532. The molecule has 0 radical (unpaired) electrons. The van der Waals surface area contributed by atoms with Crippen LogP contribution in [0.1, 0.15) is 18.3 Å². The van der Waals surface area contributed by atoms with Gasteiger partial charge in [0.1, 0.15) is 24.5 Å². The third kappa shape index (κ3) is 2.65. The topological polar surface area (TPSA) is 89.8 Å². The molecule has 2 aromatic rings. The highest BCUT2D eigenvalue weighted by molar-refractivity contribution is 5.94. The van der Waals surface area contributed by atoms with Crippen LogP contribution >= 0.6 is 0 Å². The van der Waals surface area contributed by atoms with Crippen LogP contribution in [0, 0.1) is 5.41 Å². The lowest BCUT2D eigenvalue weighted by molar-refractivity contribution is 0.287. The molecule has 0 aliphatic rings. The average molecular weight is 245 g/mol. The van der Waals surface area contributed by atoms with E-state index in [2.05, 4.69) is 10.1 Å². The number of hydrogen-bond donors (Lipinski definition) is 2. The van der Waals surface area contributed by atoms with Crippen molar-refractivity contribution in [3.8, 4) is 5.75 Å². The molecule has 0 amide bonds. The molecular weight excluding hydrogens is 230 g/mol. The van der Waals surface area contributed by atoms with Gasteiger partial charge in [0, 0.05) is 12.1 Å². The molecule has 6 nitrogen and oxygen atoms in total. The zero-order valence-electron chi connectivity index (χ0n) is 10.1. The van der Waals surface area contributed by atoms with Gasteiger partial charge in [0.2, 0.25) is 0 Å². The number of nitrogen functional groups attached to an aromatic ring is 1. The highest BCUT2D eigenvalue weighted by Gasteiger charge is 2.04. The monoisotopic (exact) mass is 245 g/mol. The van der Waals surface area contributed by atoms with Gasteiger partial charge in [0.25, 0.3) is 0 Å². The van der Waals surface area contributed by atoms with Crippen LogP contribution in [-0.4, -0.2) is 20.6 Å². The van der Waals surface area contributed by atoms with Crippen molar-refractivity contribution in [2.45, 2.75) is 20.1 Å². The Hall–Kier alpha value is -2.37. The van der Waals surface area contributed by atoms with Crippen molar-refractivity contribution in [3.05, 3.63) is 42.0 Å². The maximum absolute atomic E-state index is 7.29. The first kappa shape index (κ1) is 12.1. The fraction of sp³-hybridized carbons (Fsp3) is 0.250. The molecule has 0 saturated carbocycles. The largest absolute Gasteiger partial charge is 0.486 e. The van der Waals surface area contributed by atoms with E-state index < -0.39 is 0 Å². The zero-order chi connectivity index (χ0) is 13.0. The predicted molar refractivity (Wildman–Crippen MR) is 67.5 cm³/mol. The normalized spacial score (nSPS) is 10.3. The van der Waals surface area contributed by atoms with Gasteiger partial charge in [-0.3, -0.25) is 5.41 Å². The standard InChI is InChI=1S/C12H15N5O/c1-2-17-11(15-8-16-17)7-18-10-5-3-9(4-6-10)12(13)14/h3-6,8H,2,7H2,1H3,(H3,13,14). The summed E-state index contributed by atoms with van der Waals surface area (Å²) in [5.74, 6) is 1.55. The lowest BCUT2D eigenvalue weighted by atomic mass is 10.2. The molecule has 0 aliphatic heterocycles. The summed E-state index contributed by atoms with van der Waals surface area (Å²) in [5, 5.41) is 11.4. The smallest absolute Gasteiger partial charge is 0.164 e. The van der Waals surface area contributed by atoms with Crippen LogP contribution in [0.2, 0.25) is 0 Å². The molecule has 0 fully saturated rings. The van der Waals surface area contributed by atoms with Crippen molar-refractivity contribution >= 4 is 5.84 Å². The van der Waals surface area contributed by atoms with Gasteiger partial charge in [0.05, 0.1) is 0 Å². The molecule has 18 heavy (non-hydrogen) atoms. The molecule has 3 N–H and O–H groups in total. The average Bonchev–Trinajstić information content (AvgIpc) is 2.84. The van der Waals surface area contributed by atoms with E-state index in [1.54, 1.807) is 28.9 Å². The molecule has 1 heterocycles. The summed E-state index contributed by atoms with van der Waals surface area (Å²) in [6, 6.07) is 7.07. The molecule has 6 heteroatoms. The lowest BCUT2D eigenvalue weighted by Crippen LogP contribution is -2.10. The molecule has 0 atom stereocenters. The molecule has 0 spiro atoms. The summed E-state index contributed by atoms with van der Waals surface area (Å²) in [5.41, 5.74) is 6.05. The predicted octanol–water partition coefficient (Wildman–Crippen LogP) is 1.16. The summed E-state index contributed by atoms with van der Waals surface area (Å²) >= 11 is 0. The van der Waals surface area contributed by atoms with E-state index in [0.29, 0.717) is 17.9 Å². The molecule has 0 saturated heterocycles. The Balaban J connectivity index is 2.00. The van der Waals surface area contributed by atoms with Crippen LogP contribution < -0.4 is 10.5 Å². The summed E-state index contributed by atoms with van der Waals surface area (Å²) in [6.07, 6.45) is 1.51. The molecule has 1 aromatic carbocycles. The van der Waals surface area contributed by atoms with E-state index in [9.17, 15) is 0 Å². The Morgan fingerprint density at radius 3 is 2.72 bits per heavy atom. The van der Waals surface area contributed by atoms with Crippen molar-refractivity contribution in [3.63, 3.8) is 0 Å². The number of aryl methyl sites for hydroxylation is 1. The Labute approximate surface area is 105 Å². The minimum absolute atomic E-state index is 0.0484. The number of aromatic nitrogens is 3. The van der Waals surface area contributed by atoms with Crippen molar-refractivity contribution in [2.24, 2.45) is 5.73 Å². The van der Waals surface area contributed by atoms with E-state index in [4.69, 9.17) is 15.9 Å². The summed E-state index contributed by atoms with van der Waals surface area (Å²) in [6.45, 7) is 3.13. The summed E-state index contributed by atoms with van der Waals surface area (Å²) in [7, 11) is 0. The molecule has 0 aliphatic carbocycles. The van der Waals surface area contributed by atoms with Crippen LogP contribution in [0.4, 0.5) is 0 Å². The number of rotatable bonds is 5. The minimum atomic E-state index is 0.0484. The first-order valence-corrected chi connectivity index (χ1v) is 5.64. The molecular formula is C12H15N5O. The SMILES string of the molecule is CCn1ncnc1COc1ccc(C(=N)N)cc1. The van der Waals surface area contributed by atoms with Crippen LogP contribution in [0.25, 0.3) is 0 Å². The second-order valence-electron chi connectivity index (χ2n) is 3.72. The van der Waals surface area contributed by atoms with Crippen molar-refractivity contribution < 1.29 is 4.74 Å². The third-order valence-corrected chi connectivity index (χ3v) is 2.53. The summed E-state index contributed by atoms with van der Waals surface area (Å²) in [4.78, 5) is 4.12. The number of nitrogens with two attached hydrogens (primary N) is 1. The van der Waals surface area contributed by atoms with Gasteiger partial charge in [-0.2, -0.15) is 5.10 Å². The number of nitrogens with one attached hydrogen (secondary N) is 1. The van der Waals surface area contributed by atoms with Crippen LogP contribution in [0.5, 0.6) is 5.75 Å². The van der Waals surface area contributed by atoms with E-state index in [1.807, 2.05) is 6.92 Å². The maximum atomic E-state index is 7.29. The number of ether oxygens (including phenoxy) is 1. The van der Waals surface area contributed by atoms with Crippen molar-refractivity contribution in [1.82, 2.24) is 14.8 Å². The molecule has 1 aromatic heterocycles. The fourth-order valence-electron chi connectivity index (χ4n) is 1.54. The van der Waals surface area contributed by atoms with Gasteiger partial charge in [-0.25, -0.2) is 9.67 Å². The van der Waals surface area contributed by atoms with E-state index >= 15 is 0 Å². The van der Waals surface area contributed by atoms with Crippen LogP contribution in [0.3, 0.4) is 0 Å². The van der Waals surface area contributed by atoms with Gasteiger partial charge in [-0.1, -0.05) is 0 Å². The number of nitrogens with zero attached hydrogens (tertiary/aromatic N) is 3. The highest BCUT2D eigenvalue weighted by Crippen LogP contribution is 2.13. The van der Waals surface area contributed by atoms with Gasteiger partial charge in [0.15, 0.2) is 5.82 Å². The van der Waals surface area contributed by atoms with Gasteiger partial charge >= 0.3 is 0 Å². The quantitative estimate of drug-likeness (QED) is 0.611. The van der Waals surface area contributed by atoms with Crippen LogP contribution in [-0.2, 0) is 13.2 Å². The van der Waals surface area contributed by atoms with E-state index in [0.717, 1.165) is 12.4 Å². The molecule has 0 bridgehead atoms. The zero-order valence-corrected chi connectivity index (χ0v) is 10.1.